The zero-order valence-electron chi connectivity index (χ0n) is 14.4. The molecule has 26 heavy (non-hydrogen) atoms. The molecular weight excluding hydrogens is 330 g/mol. The van der Waals surface area contributed by atoms with Gasteiger partial charge in [0.05, 0.1) is 11.9 Å². The van der Waals surface area contributed by atoms with Gasteiger partial charge in [0.1, 0.15) is 5.69 Å². The van der Waals surface area contributed by atoms with Crippen LogP contribution in [0.15, 0.2) is 42.9 Å². The van der Waals surface area contributed by atoms with Gasteiger partial charge in [-0.15, -0.1) is 0 Å². The van der Waals surface area contributed by atoms with Gasteiger partial charge in [-0.2, -0.15) is 5.10 Å². The molecule has 0 fully saturated rings. The van der Waals surface area contributed by atoms with E-state index in [9.17, 15) is 9.90 Å². The maximum Gasteiger partial charge on any atom is 0.228 e. The Morgan fingerprint density at radius 3 is 2.81 bits per heavy atom. The van der Waals surface area contributed by atoms with Crippen molar-refractivity contribution >= 4 is 17.6 Å². The normalized spacial score (nSPS) is 10.1. The van der Waals surface area contributed by atoms with Crippen LogP contribution in [0.3, 0.4) is 0 Å². The SMILES string of the molecule is Cc1cnc(Nc2cnn(C)c2)nc1C#Cc1ccccc1CC(=O)[O-]. The summed E-state index contributed by atoms with van der Waals surface area (Å²) in [5.74, 6) is 5.27. The molecule has 7 heteroatoms. The predicted octanol–water partition coefficient (Wildman–Crippen LogP) is 0.954. The maximum atomic E-state index is 10.9. The molecule has 0 aliphatic carbocycles. The zero-order chi connectivity index (χ0) is 18.5. The van der Waals surface area contributed by atoms with E-state index in [1.807, 2.05) is 26.2 Å². The molecule has 1 N–H and O–H groups in total. The van der Waals surface area contributed by atoms with Crippen molar-refractivity contribution < 1.29 is 9.90 Å². The van der Waals surface area contributed by atoms with Crippen LogP contribution in [-0.2, 0) is 18.3 Å². The van der Waals surface area contributed by atoms with Crippen LogP contribution in [-0.4, -0.2) is 25.7 Å². The molecule has 2 heterocycles. The molecule has 0 unspecified atom stereocenters. The Hall–Kier alpha value is -3.66. The molecular formula is C19H16N5O2-. The Kier molecular flexibility index (Phi) is 4.94. The minimum absolute atomic E-state index is 0.179. The molecule has 2 aromatic heterocycles. The van der Waals surface area contributed by atoms with Gasteiger partial charge in [0, 0.05) is 43.0 Å². The van der Waals surface area contributed by atoms with Crippen molar-refractivity contribution in [2.24, 2.45) is 7.05 Å². The predicted molar refractivity (Wildman–Crippen MR) is 94.4 cm³/mol. The lowest BCUT2D eigenvalue weighted by Gasteiger charge is -2.05. The first-order valence-corrected chi connectivity index (χ1v) is 7.90. The molecule has 0 bridgehead atoms. The highest BCUT2D eigenvalue weighted by Gasteiger charge is 2.04. The third-order valence-corrected chi connectivity index (χ3v) is 3.60. The Labute approximate surface area is 150 Å². The molecule has 0 amide bonds. The van der Waals surface area contributed by atoms with Crippen LogP contribution in [0.4, 0.5) is 11.6 Å². The van der Waals surface area contributed by atoms with E-state index >= 15 is 0 Å². The fourth-order valence-corrected chi connectivity index (χ4v) is 2.32. The summed E-state index contributed by atoms with van der Waals surface area (Å²) in [6, 6.07) is 7.08. The number of hydrogen-bond acceptors (Lipinski definition) is 6. The van der Waals surface area contributed by atoms with Gasteiger partial charge in [-0.05, 0) is 24.5 Å². The lowest BCUT2D eigenvalue weighted by Crippen LogP contribution is -2.24. The van der Waals surface area contributed by atoms with E-state index in [0.29, 0.717) is 22.8 Å². The summed E-state index contributed by atoms with van der Waals surface area (Å²) in [6.45, 7) is 1.87. The first-order chi connectivity index (χ1) is 12.5. The van der Waals surface area contributed by atoms with Crippen LogP contribution < -0.4 is 10.4 Å². The Morgan fingerprint density at radius 2 is 2.08 bits per heavy atom. The maximum absolute atomic E-state index is 10.9. The molecule has 0 saturated heterocycles. The lowest BCUT2D eigenvalue weighted by molar-refractivity contribution is -0.304. The molecule has 0 radical (unpaired) electrons. The topological polar surface area (TPSA) is 95.8 Å². The highest BCUT2D eigenvalue weighted by Crippen LogP contribution is 2.13. The minimum Gasteiger partial charge on any atom is -0.550 e. The highest BCUT2D eigenvalue weighted by atomic mass is 16.4. The number of aliphatic carboxylic acids is 1. The quantitative estimate of drug-likeness (QED) is 0.707. The number of aryl methyl sites for hydroxylation is 2. The third-order valence-electron chi connectivity index (χ3n) is 3.60. The summed E-state index contributed by atoms with van der Waals surface area (Å²) in [6.07, 6.45) is 4.99. The lowest BCUT2D eigenvalue weighted by atomic mass is 10.0. The molecule has 7 nitrogen and oxygen atoms in total. The van der Waals surface area contributed by atoms with Gasteiger partial charge < -0.3 is 15.2 Å². The Balaban J connectivity index is 1.88. The van der Waals surface area contributed by atoms with Crippen molar-refractivity contribution in [1.82, 2.24) is 19.7 Å². The summed E-state index contributed by atoms with van der Waals surface area (Å²) in [4.78, 5) is 19.5. The second kappa shape index (κ2) is 7.49. The number of hydrogen-bond donors (Lipinski definition) is 1. The van der Waals surface area contributed by atoms with E-state index in [1.54, 1.807) is 35.3 Å². The monoisotopic (exact) mass is 346 g/mol. The number of carbonyl (C=O) groups excluding carboxylic acids is 1. The summed E-state index contributed by atoms with van der Waals surface area (Å²) in [7, 11) is 1.82. The second-order valence-corrected chi connectivity index (χ2v) is 5.71. The van der Waals surface area contributed by atoms with Gasteiger partial charge >= 0.3 is 0 Å². The number of benzene rings is 1. The molecule has 130 valence electrons. The first-order valence-electron chi connectivity index (χ1n) is 7.90. The van der Waals surface area contributed by atoms with E-state index in [0.717, 1.165) is 11.3 Å². The van der Waals surface area contributed by atoms with Crippen molar-refractivity contribution in [3.63, 3.8) is 0 Å². The van der Waals surface area contributed by atoms with Crippen LogP contribution in [0, 0.1) is 18.8 Å². The molecule has 0 atom stereocenters. The van der Waals surface area contributed by atoms with Crippen LogP contribution >= 0.6 is 0 Å². The molecule has 0 saturated carbocycles. The molecule has 3 rings (SSSR count). The average molecular weight is 346 g/mol. The van der Waals surface area contributed by atoms with Gasteiger partial charge in [0.15, 0.2) is 0 Å². The molecule has 3 aromatic rings. The van der Waals surface area contributed by atoms with E-state index in [2.05, 4.69) is 32.2 Å². The largest absolute Gasteiger partial charge is 0.550 e. The number of carboxylic acid groups (broad SMARTS) is 1. The second-order valence-electron chi connectivity index (χ2n) is 5.71. The highest BCUT2D eigenvalue weighted by molar-refractivity contribution is 5.69. The average Bonchev–Trinajstić information content (AvgIpc) is 3.01. The van der Waals surface area contributed by atoms with E-state index in [4.69, 9.17) is 0 Å². The Bertz CT molecular complexity index is 1010. The fraction of sp³-hybridized carbons (Fsp3) is 0.158. The van der Waals surface area contributed by atoms with Crippen LogP contribution in [0.2, 0.25) is 0 Å². The Morgan fingerprint density at radius 1 is 1.27 bits per heavy atom. The summed E-state index contributed by atoms with van der Waals surface area (Å²) < 4.78 is 1.67. The standard InChI is InChI=1S/C19H17N5O2/c1-13-10-20-19(22-16-11-21-24(2)12-16)23-17(13)8-7-14-5-3-4-6-15(14)9-18(25)26/h3-6,10-12H,9H2,1-2H3,(H,25,26)(H,20,22,23)/p-1. The van der Waals surface area contributed by atoms with Crippen molar-refractivity contribution in [1.29, 1.82) is 0 Å². The number of nitrogens with zero attached hydrogens (tertiary/aromatic N) is 4. The zero-order valence-corrected chi connectivity index (χ0v) is 14.4. The summed E-state index contributed by atoms with van der Waals surface area (Å²) in [5, 5.41) is 18.0. The van der Waals surface area contributed by atoms with Gasteiger partial charge in [-0.25, -0.2) is 9.97 Å². The van der Waals surface area contributed by atoms with Gasteiger partial charge in [0.25, 0.3) is 0 Å². The van der Waals surface area contributed by atoms with Gasteiger partial charge in [-0.1, -0.05) is 24.1 Å². The first kappa shape index (κ1) is 17.2. The smallest absolute Gasteiger partial charge is 0.228 e. The van der Waals surface area contributed by atoms with E-state index < -0.39 is 5.97 Å². The molecule has 0 aliphatic heterocycles. The number of anilines is 2. The molecule has 0 aliphatic rings. The number of carbonyl (C=O) groups is 1. The fourth-order valence-electron chi connectivity index (χ4n) is 2.32. The van der Waals surface area contributed by atoms with E-state index in [-0.39, 0.29) is 6.42 Å². The summed E-state index contributed by atoms with van der Waals surface area (Å²) in [5.41, 5.74) is 3.41. The van der Waals surface area contributed by atoms with Crippen LogP contribution in [0.5, 0.6) is 0 Å². The third kappa shape index (κ3) is 4.24. The van der Waals surface area contributed by atoms with Crippen molar-refractivity contribution in [3.8, 4) is 11.8 Å². The molecule has 0 spiro atoms. The van der Waals surface area contributed by atoms with Crippen LogP contribution in [0.25, 0.3) is 0 Å². The van der Waals surface area contributed by atoms with Crippen molar-refractivity contribution in [3.05, 3.63) is 65.2 Å². The minimum atomic E-state index is -1.14. The van der Waals surface area contributed by atoms with Gasteiger partial charge in [0.2, 0.25) is 5.95 Å². The summed E-state index contributed by atoms with van der Waals surface area (Å²) >= 11 is 0. The number of aromatic nitrogens is 4. The number of rotatable bonds is 4. The van der Waals surface area contributed by atoms with Crippen molar-refractivity contribution in [2.75, 3.05) is 5.32 Å². The van der Waals surface area contributed by atoms with Gasteiger partial charge in [-0.3, -0.25) is 4.68 Å². The van der Waals surface area contributed by atoms with Crippen LogP contribution in [0.1, 0.15) is 22.4 Å². The van der Waals surface area contributed by atoms with Crippen molar-refractivity contribution in [2.45, 2.75) is 13.3 Å². The number of nitrogens with one attached hydrogen (secondary N) is 1. The molecule has 1 aromatic carbocycles. The van der Waals surface area contributed by atoms with E-state index in [1.165, 1.54) is 0 Å². The number of carboxylic acids is 1.